The van der Waals surface area contributed by atoms with Gasteiger partial charge in [0, 0.05) is 0 Å². The first kappa shape index (κ1) is 12.7. The smallest absolute Gasteiger partial charge is 0.0826 e. The summed E-state index contributed by atoms with van der Waals surface area (Å²) < 4.78 is 0. The number of hydrogen-bond acceptors (Lipinski definition) is 0. The van der Waals surface area contributed by atoms with Gasteiger partial charge in [0.1, 0.15) is 7.28 Å². The molecule has 0 N–H and O–H groups in total. The predicted molar refractivity (Wildman–Crippen MR) is 85.0 cm³/mol. The fraction of sp³-hybridized carbons (Fsp3) is 1.00. The molecular formula is C18H27B2. The van der Waals surface area contributed by atoms with Crippen LogP contribution in [0.25, 0.3) is 0 Å². The van der Waals surface area contributed by atoms with Gasteiger partial charge in [-0.3, -0.25) is 0 Å². The first-order valence-electron chi connectivity index (χ1n) is 9.21. The van der Waals surface area contributed by atoms with E-state index in [0.717, 1.165) is 35.0 Å². The average molecular weight is 265 g/mol. The van der Waals surface area contributed by atoms with Crippen molar-refractivity contribution in [1.82, 2.24) is 0 Å². The van der Waals surface area contributed by atoms with Gasteiger partial charge in [-0.05, 0) is 72.5 Å². The molecule has 5 aliphatic rings. The Bertz CT molecular complexity index is 436. The van der Waals surface area contributed by atoms with Gasteiger partial charge in [-0.25, -0.2) is 0 Å². The monoisotopic (exact) mass is 265 g/mol. The van der Waals surface area contributed by atoms with Crippen LogP contribution in [0.3, 0.4) is 0 Å². The third-order valence-corrected chi connectivity index (χ3v) is 9.34. The second-order valence-corrected chi connectivity index (χ2v) is 9.11. The molecule has 0 bridgehead atoms. The SMILES string of the molecule is [B]C1(C2C3CCC4CC5CCC2C453)[B]CCC1(C)CC. The molecule has 0 aromatic carbocycles. The molecule has 6 atom stereocenters. The molecule has 0 amide bonds. The lowest BCUT2D eigenvalue weighted by molar-refractivity contribution is -0.204. The van der Waals surface area contributed by atoms with Crippen LogP contribution in [0.2, 0.25) is 11.5 Å². The fourth-order valence-corrected chi connectivity index (χ4v) is 8.33. The van der Waals surface area contributed by atoms with Gasteiger partial charge in [-0.15, -0.1) is 0 Å². The van der Waals surface area contributed by atoms with Crippen LogP contribution < -0.4 is 0 Å². The van der Waals surface area contributed by atoms with Gasteiger partial charge in [-0.2, -0.15) is 0 Å². The molecule has 3 radical (unpaired) electrons. The van der Waals surface area contributed by atoms with Crippen molar-refractivity contribution >= 4 is 15.1 Å². The van der Waals surface area contributed by atoms with Crippen LogP contribution in [0.4, 0.5) is 0 Å². The topological polar surface area (TPSA) is 0 Å². The molecule has 105 valence electrons. The van der Waals surface area contributed by atoms with E-state index in [1.54, 1.807) is 6.42 Å². The number of rotatable bonds is 2. The predicted octanol–water partition coefficient (Wildman–Crippen LogP) is 4.29. The number of hydrogen-bond donors (Lipinski definition) is 0. The lowest BCUT2D eigenvalue weighted by atomic mass is 9.23. The van der Waals surface area contributed by atoms with Crippen LogP contribution in [0.1, 0.15) is 58.8 Å². The second-order valence-electron chi connectivity index (χ2n) is 9.11. The molecule has 5 rings (SSSR count). The summed E-state index contributed by atoms with van der Waals surface area (Å²) in [6.45, 7) is 4.86. The van der Waals surface area contributed by atoms with Gasteiger partial charge < -0.3 is 0 Å². The zero-order chi connectivity index (χ0) is 13.8. The van der Waals surface area contributed by atoms with E-state index in [-0.39, 0.29) is 5.21 Å². The minimum Gasteiger partial charge on any atom is -0.0826 e. The molecule has 0 aromatic rings. The van der Waals surface area contributed by atoms with E-state index in [1.165, 1.54) is 44.8 Å². The first-order valence-corrected chi connectivity index (χ1v) is 9.21. The Morgan fingerprint density at radius 3 is 2.35 bits per heavy atom. The van der Waals surface area contributed by atoms with Gasteiger partial charge in [0.2, 0.25) is 0 Å². The maximum Gasteiger partial charge on any atom is 0.107 e. The maximum absolute atomic E-state index is 7.17. The van der Waals surface area contributed by atoms with Gasteiger partial charge >= 0.3 is 0 Å². The molecule has 1 saturated heterocycles. The van der Waals surface area contributed by atoms with Crippen molar-refractivity contribution in [3.05, 3.63) is 0 Å². The quantitative estimate of drug-likeness (QED) is 0.653. The highest BCUT2D eigenvalue weighted by atomic mass is 14.8. The van der Waals surface area contributed by atoms with Crippen LogP contribution >= 0.6 is 0 Å². The highest BCUT2D eigenvalue weighted by Gasteiger charge is 2.79. The van der Waals surface area contributed by atoms with Crippen molar-refractivity contribution in [1.29, 1.82) is 0 Å². The summed E-state index contributed by atoms with van der Waals surface area (Å²) in [6, 6.07) is 0. The summed E-state index contributed by atoms with van der Waals surface area (Å²) in [5.74, 6) is 5.07. The van der Waals surface area contributed by atoms with Crippen LogP contribution in [0.5, 0.6) is 0 Å². The minimum atomic E-state index is 0.0572. The Hall–Kier alpha value is 0.130. The Labute approximate surface area is 126 Å². The fourth-order valence-electron chi connectivity index (χ4n) is 8.33. The highest BCUT2D eigenvalue weighted by Crippen LogP contribution is 2.86. The van der Waals surface area contributed by atoms with Gasteiger partial charge in [0.15, 0.2) is 0 Å². The van der Waals surface area contributed by atoms with Gasteiger partial charge in [-0.1, -0.05) is 38.2 Å². The molecule has 0 aromatic heterocycles. The third-order valence-electron chi connectivity index (χ3n) is 9.34. The van der Waals surface area contributed by atoms with Crippen molar-refractivity contribution < 1.29 is 0 Å². The van der Waals surface area contributed by atoms with Gasteiger partial charge in [0.25, 0.3) is 0 Å². The molecule has 1 spiro atoms. The molecule has 1 heterocycles. The summed E-state index contributed by atoms with van der Waals surface area (Å²) >= 11 is 0. The zero-order valence-corrected chi connectivity index (χ0v) is 13.2. The molecule has 1 aliphatic heterocycles. The van der Waals surface area contributed by atoms with E-state index in [1.807, 2.05) is 0 Å². The normalized spacial score (nSPS) is 66.0. The van der Waals surface area contributed by atoms with Crippen molar-refractivity contribution in [2.45, 2.75) is 70.3 Å². The Kier molecular flexibility index (Phi) is 2.24. The van der Waals surface area contributed by atoms with Gasteiger partial charge in [0.05, 0.1) is 7.85 Å². The first-order chi connectivity index (χ1) is 9.58. The lowest BCUT2D eigenvalue weighted by Gasteiger charge is -2.72. The minimum absolute atomic E-state index is 0.0572. The van der Waals surface area contributed by atoms with Crippen LogP contribution in [-0.4, -0.2) is 15.1 Å². The van der Waals surface area contributed by atoms with E-state index in [2.05, 4.69) is 21.1 Å². The molecule has 0 nitrogen and oxygen atoms in total. The van der Waals surface area contributed by atoms with Crippen LogP contribution in [-0.2, 0) is 0 Å². The summed E-state index contributed by atoms with van der Waals surface area (Å²) in [4.78, 5) is 0. The summed E-state index contributed by atoms with van der Waals surface area (Å²) in [7, 11) is 9.73. The van der Waals surface area contributed by atoms with Crippen molar-refractivity contribution in [2.24, 2.45) is 40.4 Å². The van der Waals surface area contributed by atoms with Crippen LogP contribution in [0, 0.1) is 40.4 Å². The van der Waals surface area contributed by atoms with E-state index in [9.17, 15) is 0 Å². The molecule has 2 heteroatoms. The Morgan fingerprint density at radius 2 is 1.75 bits per heavy atom. The van der Waals surface area contributed by atoms with E-state index in [0.29, 0.717) is 5.41 Å². The average Bonchev–Trinajstić information content (AvgIpc) is 2.93. The van der Waals surface area contributed by atoms with Crippen molar-refractivity contribution in [2.75, 3.05) is 0 Å². The zero-order valence-electron chi connectivity index (χ0n) is 13.2. The van der Waals surface area contributed by atoms with E-state index in [4.69, 9.17) is 7.85 Å². The van der Waals surface area contributed by atoms with E-state index < -0.39 is 0 Å². The van der Waals surface area contributed by atoms with Crippen molar-refractivity contribution in [3.63, 3.8) is 0 Å². The maximum atomic E-state index is 7.17. The van der Waals surface area contributed by atoms with Crippen LogP contribution in [0.15, 0.2) is 0 Å². The third kappa shape index (κ3) is 1.02. The van der Waals surface area contributed by atoms with E-state index >= 15 is 0 Å². The molecule has 4 aliphatic carbocycles. The highest BCUT2D eigenvalue weighted by molar-refractivity contribution is 6.55. The lowest BCUT2D eigenvalue weighted by Crippen LogP contribution is -2.66. The molecule has 6 unspecified atom stereocenters. The molecule has 5 fully saturated rings. The Morgan fingerprint density at radius 1 is 1.10 bits per heavy atom. The summed E-state index contributed by atoms with van der Waals surface area (Å²) in [6.07, 6.45) is 11.5. The standard InChI is InChI=1S/C18H27B2/c1-3-16(2)8-9-20-18(16,19)15-13-6-4-11-10-12-5-7-14(15)17(11,12)13/h11-15H,3-10H2,1-2H3. The molecule has 20 heavy (non-hydrogen) atoms. The Balaban J connectivity index is 1.54. The largest absolute Gasteiger partial charge is 0.107 e. The summed E-state index contributed by atoms with van der Waals surface area (Å²) in [5.41, 5.74) is 1.20. The summed E-state index contributed by atoms with van der Waals surface area (Å²) in [5, 5.41) is 0.0572. The second kappa shape index (κ2) is 3.54. The molecule has 4 saturated carbocycles. The van der Waals surface area contributed by atoms with Crippen molar-refractivity contribution in [3.8, 4) is 0 Å². The molecular weight excluding hydrogens is 238 g/mol.